The lowest BCUT2D eigenvalue weighted by molar-refractivity contribution is 0.460. The number of hydrogen-bond donors (Lipinski definition) is 1. The molecule has 2 rings (SSSR count). The minimum atomic E-state index is -3.68. The molecule has 1 aromatic carbocycles. The molecule has 20 heavy (non-hydrogen) atoms. The van der Waals surface area contributed by atoms with Gasteiger partial charge in [-0.25, -0.2) is 13.4 Å². The first-order valence-corrected chi connectivity index (χ1v) is 8.04. The Bertz CT molecular complexity index is 707. The number of rotatable bonds is 4. The van der Waals surface area contributed by atoms with Gasteiger partial charge in [-0.2, -0.15) is 4.31 Å². The van der Waals surface area contributed by atoms with Gasteiger partial charge in [0.25, 0.3) is 10.0 Å². The number of nitrogen functional groups attached to an aromatic ring is 1. The number of nitrogens with zero attached hydrogens (tertiary/aromatic N) is 3. The predicted octanol–water partition coefficient (Wildman–Crippen LogP) is 1.59. The number of imidazole rings is 1. The van der Waals surface area contributed by atoms with Crippen molar-refractivity contribution >= 4 is 31.8 Å². The van der Waals surface area contributed by atoms with Crippen LogP contribution in [0, 0.1) is 0 Å². The van der Waals surface area contributed by atoms with Crippen molar-refractivity contribution in [1.82, 2.24) is 13.9 Å². The fraction of sp³-hybridized carbons (Fsp3) is 0.250. The van der Waals surface area contributed by atoms with Gasteiger partial charge in [0.15, 0.2) is 10.8 Å². The van der Waals surface area contributed by atoms with Gasteiger partial charge < -0.3 is 10.3 Å². The highest BCUT2D eigenvalue weighted by Gasteiger charge is 2.27. The van der Waals surface area contributed by atoms with Gasteiger partial charge >= 0.3 is 0 Å². The lowest BCUT2D eigenvalue weighted by Gasteiger charge is -2.18. The summed E-state index contributed by atoms with van der Waals surface area (Å²) in [6, 6.07) is 7.47. The molecule has 0 saturated carbocycles. The summed E-state index contributed by atoms with van der Waals surface area (Å²) < 4.78 is 28.6. The van der Waals surface area contributed by atoms with E-state index in [4.69, 9.17) is 5.73 Å². The summed E-state index contributed by atoms with van der Waals surface area (Å²) in [5, 5.41) is 0.00653. The molecule has 0 spiro atoms. The van der Waals surface area contributed by atoms with Crippen molar-refractivity contribution < 1.29 is 8.42 Å². The topological polar surface area (TPSA) is 81.2 Å². The molecular weight excluding hydrogens is 344 g/mol. The highest BCUT2D eigenvalue weighted by Crippen LogP contribution is 2.23. The molecule has 108 valence electrons. The predicted molar refractivity (Wildman–Crippen MR) is 80.4 cm³/mol. The Morgan fingerprint density at radius 1 is 1.40 bits per heavy atom. The molecule has 0 aliphatic carbocycles. The quantitative estimate of drug-likeness (QED) is 0.899. The molecule has 0 aliphatic rings. The molecule has 0 aliphatic heterocycles. The van der Waals surface area contributed by atoms with Crippen molar-refractivity contribution in [2.75, 3.05) is 12.8 Å². The minimum absolute atomic E-state index is 0.00600. The first kappa shape index (κ1) is 15.0. The maximum atomic E-state index is 12.5. The van der Waals surface area contributed by atoms with Crippen LogP contribution >= 0.6 is 15.9 Å². The molecule has 0 radical (unpaired) electrons. The minimum Gasteiger partial charge on any atom is -0.381 e. The van der Waals surface area contributed by atoms with Crippen LogP contribution in [0.2, 0.25) is 0 Å². The summed E-state index contributed by atoms with van der Waals surface area (Å²) in [7, 11) is -0.569. The molecule has 0 bridgehead atoms. The molecule has 0 unspecified atom stereocenters. The number of anilines is 1. The summed E-state index contributed by atoms with van der Waals surface area (Å²) in [6.45, 7) is 0.244. The first-order valence-electron chi connectivity index (χ1n) is 5.80. The number of benzene rings is 1. The Labute approximate surface area is 126 Å². The van der Waals surface area contributed by atoms with Gasteiger partial charge in [-0.3, -0.25) is 0 Å². The average molecular weight is 359 g/mol. The summed E-state index contributed by atoms with van der Waals surface area (Å²) in [4.78, 5) is 3.82. The second kappa shape index (κ2) is 5.55. The van der Waals surface area contributed by atoms with Gasteiger partial charge in [0.05, 0.1) is 6.33 Å². The molecule has 0 saturated heterocycles. The van der Waals surface area contributed by atoms with E-state index >= 15 is 0 Å². The van der Waals surface area contributed by atoms with E-state index in [1.54, 1.807) is 7.05 Å². The fourth-order valence-electron chi connectivity index (χ4n) is 1.85. The Hall–Kier alpha value is -1.38. The number of nitrogens with two attached hydrogens (primary N) is 1. The highest BCUT2D eigenvalue weighted by atomic mass is 79.9. The van der Waals surface area contributed by atoms with E-state index in [1.165, 1.54) is 22.2 Å². The second-order valence-electron chi connectivity index (χ2n) is 4.40. The third kappa shape index (κ3) is 2.72. The smallest absolute Gasteiger partial charge is 0.262 e. The van der Waals surface area contributed by atoms with E-state index in [0.717, 1.165) is 10.0 Å². The van der Waals surface area contributed by atoms with Crippen molar-refractivity contribution in [2.45, 2.75) is 11.6 Å². The van der Waals surface area contributed by atoms with Gasteiger partial charge in [0, 0.05) is 25.1 Å². The standard InChI is InChI=1S/C12H15BrN4O2S/c1-16-8-15-11(14)12(16)20(18,19)17(2)7-9-5-3-4-6-10(9)13/h3-6,8H,7,14H2,1-2H3. The molecule has 1 heterocycles. The Balaban J connectivity index is 2.34. The summed E-state index contributed by atoms with van der Waals surface area (Å²) in [6.07, 6.45) is 1.38. The zero-order valence-electron chi connectivity index (χ0n) is 11.1. The van der Waals surface area contributed by atoms with Crippen LogP contribution in [0.4, 0.5) is 5.82 Å². The third-order valence-electron chi connectivity index (χ3n) is 2.91. The van der Waals surface area contributed by atoms with Crippen LogP contribution in [0.5, 0.6) is 0 Å². The zero-order valence-corrected chi connectivity index (χ0v) is 13.5. The molecular formula is C12H15BrN4O2S. The molecule has 8 heteroatoms. The number of hydrogen-bond acceptors (Lipinski definition) is 4. The summed E-state index contributed by atoms with van der Waals surface area (Å²) >= 11 is 3.41. The van der Waals surface area contributed by atoms with Crippen molar-refractivity contribution in [1.29, 1.82) is 0 Å². The van der Waals surface area contributed by atoms with Gasteiger partial charge in [-0.1, -0.05) is 34.1 Å². The Morgan fingerprint density at radius 3 is 2.60 bits per heavy atom. The van der Waals surface area contributed by atoms with Crippen molar-refractivity contribution in [3.05, 3.63) is 40.6 Å². The van der Waals surface area contributed by atoms with Crippen LogP contribution in [-0.4, -0.2) is 29.3 Å². The largest absolute Gasteiger partial charge is 0.381 e. The van der Waals surface area contributed by atoms with Crippen LogP contribution in [0.3, 0.4) is 0 Å². The summed E-state index contributed by atoms with van der Waals surface area (Å²) in [5.74, 6) is 0.00600. The third-order valence-corrected chi connectivity index (χ3v) is 5.62. The maximum absolute atomic E-state index is 12.5. The Kier molecular flexibility index (Phi) is 4.17. The normalized spacial score (nSPS) is 12.0. The molecule has 0 fully saturated rings. The van der Waals surface area contributed by atoms with Crippen LogP contribution in [0.1, 0.15) is 5.56 Å². The first-order chi connectivity index (χ1) is 9.34. The van der Waals surface area contributed by atoms with Gasteiger partial charge in [0.2, 0.25) is 0 Å². The Morgan fingerprint density at radius 2 is 2.05 bits per heavy atom. The van der Waals surface area contributed by atoms with Crippen molar-refractivity contribution in [3.63, 3.8) is 0 Å². The number of aromatic nitrogens is 2. The van der Waals surface area contributed by atoms with E-state index in [-0.39, 0.29) is 17.4 Å². The zero-order chi connectivity index (χ0) is 14.9. The van der Waals surface area contributed by atoms with Crippen molar-refractivity contribution in [3.8, 4) is 0 Å². The molecule has 2 aromatic rings. The average Bonchev–Trinajstić information content (AvgIpc) is 2.72. The van der Waals surface area contributed by atoms with Gasteiger partial charge in [0.1, 0.15) is 0 Å². The van der Waals surface area contributed by atoms with Crippen molar-refractivity contribution in [2.24, 2.45) is 7.05 Å². The SMILES string of the molecule is CN(Cc1ccccc1Br)S(=O)(=O)c1c(N)ncn1C. The molecule has 6 nitrogen and oxygen atoms in total. The van der Waals surface area contributed by atoms with E-state index < -0.39 is 10.0 Å². The number of sulfonamides is 1. The van der Waals surface area contributed by atoms with E-state index in [9.17, 15) is 8.42 Å². The van der Waals surface area contributed by atoms with E-state index in [0.29, 0.717) is 0 Å². The second-order valence-corrected chi connectivity index (χ2v) is 7.21. The van der Waals surface area contributed by atoms with Crippen LogP contribution < -0.4 is 5.73 Å². The maximum Gasteiger partial charge on any atom is 0.262 e. The lowest BCUT2D eigenvalue weighted by Crippen LogP contribution is -2.28. The highest BCUT2D eigenvalue weighted by molar-refractivity contribution is 9.10. The van der Waals surface area contributed by atoms with Crippen LogP contribution in [-0.2, 0) is 23.6 Å². The fourth-order valence-corrected chi connectivity index (χ4v) is 3.59. The van der Waals surface area contributed by atoms with Crippen LogP contribution in [0.25, 0.3) is 0 Å². The number of aryl methyl sites for hydroxylation is 1. The lowest BCUT2D eigenvalue weighted by atomic mass is 10.2. The summed E-state index contributed by atoms with van der Waals surface area (Å²) in [5.41, 5.74) is 6.52. The van der Waals surface area contributed by atoms with E-state index in [1.807, 2.05) is 24.3 Å². The number of halogens is 1. The van der Waals surface area contributed by atoms with Gasteiger partial charge in [-0.15, -0.1) is 0 Å². The molecule has 2 N–H and O–H groups in total. The molecule has 1 aromatic heterocycles. The van der Waals surface area contributed by atoms with Gasteiger partial charge in [-0.05, 0) is 11.6 Å². The van der Waals surface area contributed by atoms with Crippen LogP contribution in [0.15, 0.2) is 40.1 Å². The molecule has 0 amide bonds. The van der Waals surface area contributed by atoms with E-state index in [2.05, 4.69) is 20.9 Å². The monoisotopic (exact) mass is 358 g/mol. The molecule has 0 atom stereocenters.